The van der Waals surface area contributed by atoms with Crippen LogP contribution in [-0.2, 0) is 5.41 Å². The maximum absolute atomic E-state index is 6.82. The van der Waals surface area contributed by atoms with Gasteiger partial charge in [-0.3, -0.25) is 0 Å². The highest BCUT2D eigenvalue weighted by atomic mass is 16.3. The molecule has 0 saturated heterocycles. The van der Waals surface area contributed by atoms with E-state index in [0.29, 0.717) is 17.4 Å². The van der Waals surface area contributed by atoms with Gasteiger partial charge in [-0.15, -0.1) is 0 Å². The lowest BCUT2D eigenvalue weighted by molar-refractivity contribution is 0.588. The van der Waals surface area contributed by atoms with Crippen molar-refractivity contribution in [1.29, 1.82) is 0 Å². The van der Waals surface area contributed by atoms with Crippen molar-refractivity contribution >= 4 is 5.57 Å². The topological polar surface area (TPSA) is 51.8 Å². The molecule has 2 heterocycles. The molecule has 4 nitrogen and oxygen atoms in total. The van der Waals surface area contributed by atoms with E-state index in [1.807, 2.05) is 0 Å². The van der Waals surface area contributed by atoms with Gasteiger partial charge in [0, 0.05) is 22.6 Å². The normalized spacial score (nSPS) is 18.5. The number of allylic oxidation sites excluding steroid dienone is 8. The van der Waals surface area contributed by atoms with Gasteiger partial charge < -0.3 is 4.42 Å². The molecule has 0 N–H and O–H groups in total. The molecule has 1 spiro atoms. The van der Waals surface area contributed by atoms with Crippen LogP contribution in [0.5, 0.6) is 0 Å². The highest BCUT2D eigenvalue weighted by Gasteiger charge is 2.53. The number of hydrogen-bond donors (Lipinski definition) is 0. The van der Waals surface area contributed by atoms with Crippen LogP contribution in [0.1, 0.15) is 59.1 Å². The molecule has 9 rings (SSSR count). The highest BCUT2D eigenvalue weighted by molar-refractivity contribution is 5.94. The second kappa shape index (κ2) is 8.95. The molecule has 4 heteroatoms. The van der Waals surface area contributed by atoms with Crippen molar-refractivity contribution in [2.75, 3.05) is 0 Å². The predicted molar refractivity (Wildman–Crippen MR) is 166 cm³/mol. The van der Waals surface area contributed by atoms with Gasteiger partial charge in [0.25, 0.3) is 0 Å². The van der Waals surface area contributed by atoms with Gasteiger partial charge in [0.1, 0.15) is 11.6 Å². The first-order valence-corrected chi connectivity index (χ1v) is 14.7. The Bertz CT molecular complexity index is 1990. The molecule has 0 bridgehead atoms. The van der Waals surface area contributed by atoms with Crippen molar-refractivity contribution in [3.05, 3.63) is 155 Å². The van der Waals surface area contributed by atoms with E-state index in [1.54, 1.807) is 0 Å². The van der Waals surface area contributed by atoms with Gasteiger partial charge in [-0.05, 0) is 53.1 Å². The highest BCUT2D eigenvalue weighted by Crippen LogP contribution is 2.63. The lowest BCUT2D eigenvalue weighted by Gasteiger charge is -2.29. The quantitative estimate of drug-likeness (QED) is 0.224. The maximum atomic E-state index is 6.82. The summed E-state index contributed by atoms with van der Waals surface area (Å²) in [6.07, 6.45) is 17.9. The SMILES string of the molecule is C1=CCC(c2nc(C3=CCCC=C3)nc(-c3cc4c(o3)-c3ccccc3C43c4ccccc4-c4ccccc43)n2)C=C1. The summed E-state index contributed by atoms with van der Waals surface area (Å²) in [5.41, 5.74) is 9.25. The lowest BCUT2D eigenvalue weighted by atomic mass is 9.71. The molecule has 0 saturated carbocycles. The van der Waals surface area contributed by atoms with Crippen LogP contribution >= 0.6 is 0 Å². The average molecular weight is 542 g/mol. The summed E-state index contributed by atoms with van der Waals surface area (Å²) < 4.78 is 6.82. The third kappa shape index (κ3) is 3.21. The van der Waals surface area contributed by atoms with Crippen molar-refractivity contribution in [1.82, 2.24) is 15.0 Å². The van der Waals surface area contributed by atoms with Crippen molar-refractivity contribution < 1.29 is 4.42 Å². The molecule has 2 aromatic heterocycles. The Balaban J connectivity index is 1.29. The first-order valence-electron chi connectivity index (χ1n) is 14.7. The summed E-state index contributed by atoms with van der Waals surface area (Å²) >= 11 is 0. The minimum atomic E-state index is -0.453. The molecule has 5 aromatic rings. The van der Waals surface area contributed by atoms with Crippen molar-refractivity contribution in [2.45, 2.75) is 30.6 Å². The van der Waals surface area contributed by atoms with E-state index in [9.17, 15) is 0 Å². The van der Waals surface area contributed by atoms with E-state index in [0.717, 1.165) is 47.5 Å². The summed E-state index contributed by atoms with van der Waals surface area (Å²) in [5.74, 6) is 3.74. The van der Waals surface area contributed by atoms with Gasteiger partial charge in [-0.25, -0.2) is 15.0 Å². The van der Waals surface area contributed by atoms with Crippen molar-refractivity contribution in [3.63, 3.8) is 0 Å². The molecular formula is C38H27N3O. The molecule has 1 atom stereocenters. The zero-order valence-electron chi connectivity index (χ0n) is 23.0. The van der Waals surface area contributed by atoms with Crippen molar-refractivity contribution in [2.24, 2.45) is 0 Å². The molecule has 4 aliphatic carbocycles. The summed E-state index contributed by atoms with van der Waals surface area (Å²) in [6.45, 7) is 0. The molecule has 0 radical (unpaired) electrons. The number of rotatable bonds is 3. The van der Waals surface area contributed by atoms with Gasteiger partial charge in [-0.2, -0.15) is 0 Å². The molecule has 0 amide bonds. The smallest absolute Gasteiger partial charge is 0.199 e. The van der Waals surface area contributed by atoms with Gasteiger partial charge >= 0.3 is 0 Å². The molecule has 0 fully saturated rings. The summed E-state index contributed by atoms with van der Waals surface area (Å²) in [6, 6.07) is 28.5. The van der Waals surface area contributed by atoms with Crippen LogP contribution in [0.15, 0.2) is 126 Å². The number of benzene rings is 3. The van der Waals surface area contributed by atoms with Crippen LogP contribution < -0.4 is 0 Å². The van der Waals surface area contributed by atoms with Crippen LogP contribution in [0.25, 0.3) is 39.6 Å². The molecule has 3 aromatic carbocycles. The Morgan fingerprint density at radius 1 is 0.667 bits per heavy atom. The Morgan fingerprint density at radius 3 is 2.05 bits per heavy atom. The molecule has 0 aliphatic heterocycles. The van der Waals surface area contributed by atoms with Crippen LogP contribution in [0, 0.1) is 0 Å². The van der Waals surface area contributed by atoms with Gasteiger partial charge in [0.05, 0.1) is 5.41 Å². The number of nitrogens with zero attached hydrogens (tertiary/aromatic N) is 3. The summed E-state index contributed by atoms with van der Waals surface area (Å²) in [7, 11) is 0. The monoisotopic (exact) mass is 541 g/mol. The first kappa shape index (κ1) is 23.6. The second-order valence-electron chi connectivity index (χ2n) is 11.4. The zero-order chi connectivity index (χ0) is 27.7. The fourth-order valence-electron chi connectivity index (χ4n) is 7.30. The lowest BCUT2D eigenvalue weighted by Crippen LogP contribution is -2.25. The molecule has 200 valence electrons. The summed E-state index contributed by atoms with van der Waals surface area (Å²) in [5, 5.41) is 0. The third-order valence-corrected chi connectivity index (χ3v) is 9.10. The Morgan fingerprint density at radius 2 is 1.36 bits per heavy atom. The van der Waals surface area contributed by atoms with Crippen molar-refractivity contribution in [3.8, 4) is 34.0 Å². The fraction of sp³-hybridized carbons (Fsp3) is 0.132. The largest absolute Gasteiger partial charge is 0.452 e. The number of fused-ring (bicyclic) bond motifs is 10. The minimum Gasteiger partial charge on any atom is -0.452 e. The average Bonchev–Trinajstić information content (AvgIpc) is 3.72. The fourth-order valence-corrected chi connectivity index (χ4v) is 7.30. The van der Waals surface area contributed by atoms with E-state index in [2.05, 4.69) is 121 Å². The predicted octanol–water partition coefficient (Wildman–Crippen LogP) is 8.81. The Labute approximate surface area is 244 Å². The van der Waals surface area contributed by atoms with Crippen LogP contribution in [0.4, 0.5) is 0 Å². The minimum absolute atomic E-state index is 0.103. The Hall–Kier alpha value is -5.09. The maximum Gasteiger partial charge on any atom is 0.199 e. The molecule has 4 aliphatic rings. The molecule has 1 unspecified atom stereocenters. The van der Waals surface area contributed by atoms with Crippen LogP contribution in [0.2, 0.25) is 0 Å². The number of aromatic nitrogens is 3. The van der Waals surface area contributed by atoms with E-state index in [1.165, 1.54) is 27.8 Å². The van der Waals surface area contributed by atoms with E-state index < -0.39 is 5.41 Å². The molecule has 42 heavy (non-hydrogen) atoms. The van der Waals surface area contributed by atoms with Gasteiger partial charge in [-0.1, -0.05) is 115 Å². The number of furan rings is 1. The number of hydrogen-bond acceptors (Lipinski definition) is 4. The Kier molecular flexibility index (Phi) is 5.03. The van der Waals surface area contributed by atoms with E-state index >= 15 is 0 Å². The third-order valence-electron chi connectivity index (χ3n) is 9.10. The van der Waals surface area contributed by atoms with Gasteiger partial charge in [0.15, 0.2) is 17.4 Å². The van der Waals surface area contributed by atoms with Gasteiger partial charge in [0.2, 0.25) is 0 Å². The zero-order valence-corrected chi connectivity index (χ0v) is 23.0. The van der Waals surface area contributed by atoms with Crippen LogP contribution in [0.3, 0.4) is 0 Å². The molecular weight excluding hydrogens is 514 g/mol. The standard InChI is InChI=1S/C38H27N3O/c1-3-13-24(14-4-1)35-39-36(25-15-5-2-6-16-25)41-37(40-35)33-23-32-34(42-33)28-19-9-12-22-31(28)38(32)29-20-10-7-17-26(29)27-18-8-11-21-30(27)38/h1,3-5,7-13,15-24H,2,6,14H2. The first-order chi connectivity index (χ1) is 20.8. The second-order valence-corrected chi connectivity index (χ2v) is 11.4. The summed E-state index contributed by atoms with van der Waals surface area (Å²) in [4.78, 5) is 15.0. The van der Waals surface area contributed by atoms with E-state index in [4.69, 9.17) is 19.4 Å². The van der Waals surface area contributed by atoms with E-state index in [-0.39, 0.29) is 5.92 Å². The van der Waals surface area contributed by atoms with Crippen LogP contribution in [-0.4, -0.2) is 15.0 Å².